The fourth-order valence-corrected chi connectivity index (χ4v) is 3.55. The van der Waals surface area contributed by atoms with Crippen LogP contribution < -0.4 is 14.8 Å². The number of methoxy groups -OCH3 is 2. The highest BCUT2D eigenvalue weighted by atomic mass is 79.9. The van der Waals surface area contributed by atoms with Crippen LogP contribution in [-0.4, -0.2) is 55.7 Å². The number of nitrogens with zero attached hydrogens (tertiary/aromatic N) is 1. The number of hydrogen-bond acceptors (Lipinski definition) is 9. The molecule has 1 atom stereocenters. The van der Waals surface area contributed by atoms with Crippen LogP contribution in [0, 0.1) is 0 Å². The van der Waals surface area contributed by atoms with Gasteiger partial charge in [-0.15, -0.1) is 0 Å². The Morgan fingerprint density at radius 3 is 2.60 bits per heavy atom. The standard InChI is InChI=1S/C23H23BrN2O9/c1-5-33-21(28)12(2)34-19-10-15(24)13(9-18(19)31-3)8-16-20(27)26(23(30)25-16)11-14-6-7-17(35-14)22(29)32-4/h6-10,12H,5,11H2,1-4H3,(H,25,30)/b16-8-/t12-/m1/s1. The van der Waals surface area contributed by atoms with Crippen LogP contribution in [0.4, 0.5) is 4.79 Å². The van der Waals surface area contributed by atoms with E-state index >= 15 is 0 Å². The topological polar surface area (TPSA) is 134 Å². The van der Waals surface area contributed by atoms with Gasteiger partial charge >= 0.3 is 18.0 Å². The lowest BCUT2D eigenvalue weighted by Gasteiger charge is -2.17. The number of hydrogen-bond donors (Lipinski definition) is 1. The van der Waals surface area contributed by atoms with Crippen molar-refractivity contribution in [3.8, 4) is 11.5 Å². The summed E-state index contributed by atoms with van der Waals surface area (Å²) < 4.78 is 26.4. The van der Waals surface area contributed by atoms with Crippen LogP contribution in [-0.2, 0) is 25.6 Å². The Balaban J connectivity index is 1.80. The van der Waals surface area contributed by atoms with Crippen molar-refractivity contribution < 1.29 is 42.5 Å². The number of nitrogens with one attached hydrogen (secondary N) is 1. The van der Waals surface area contributed by atoms with Gasteiger partial charge in [-0.05, 0) is 49.8 Å². The van der Waals surface area contributed by atoms with Gasteiger partial charge in [0.1, 0.15) is 11.5 Å². The zero-order valence-electron chi connectivity index (χ0n) is 19.4. The van der Waals surface area contributed by atoms with Gasteiger partial charge in [-0.1, -0.05) is 15.9 Å². The van der Waals surface area contributed by atoms with Gasteiger partial charge in [0, 0.05) is 4.47 Å². The van der Waals surface area contributed by atoms with Crippen molar-refractivity contribution in [3.05, 3.63) is 51.5 Å². The van der Waals surface area contributed by atoms with E-state index < -0.39 is 30.0 Å². The van der Waals surface area contributed by atoms with E-state index in [-0.39, 0.29) is 36.1 Å². The molecule has 0 spiro atoms. The first kappa shape index (κ1) is 25.8. The van der Waals surface area contributed by atoms with Gasteiger partial charge in [-0.3, -0.25) is 9.69 Å². The molecule has 1 aliphatic rings. The molecule has 186 valence electrons. The first-order valence-corrected chi connectivity index (χ1v) is 11.2. The fraction of sp³-hybridized carbons (Fsp3) is 0.304. The van der Waals surface area contributed by atoms with E-state index in [4.69, 9.17) is 18.6 Å². The molecule has 35 heavy (non-hydrogen) atoms. The third kappa shape index (κ3) is 5.83. The molecular weight excluding hydrogens is 528 g/mol. The number of carbonyl (C=O) groups excluding carboxylic acids is 4. The third-order valence-electron chi connectivity index (χ3n) is 4.83. The minimum Gasteiger partial charge on any atom is -0.493 e. The minimum atomic E-state index is -0.870. The molecule has 12 heteroatoms. The average Bonchev–Trinajstić information content (AvgIpc) is 3.40. The first-order valence-electron chi connectivity index (χ1n) is 10.4. The Morgan fingerprint density at radius 2 is 1.94 bits per heavy atom. The summed E-state index contributed by atoms with van der Waals surface area (Å²) in [6.45, 7) is 3.29. The lowest BCUT2D eigenvalue weighted by atomic mass is 10.1. The van der Waals surface area contributed by atoms with E-state index in [1.165, 1.54) is 32.4 Å². The van der Waals surface area contributed by atoms with Gasteiger partial charge in [0.05, 0.1) is 27.4 Å². The van der Waals surface area contributed by atoms with E-state index in [1.54, 1.807) is 26.0 Å². The van der Waals surface area contributed by atoms with Gasteiger partial charge in [0.2, 0.25) is 5.76 Å². The van der Waals surface area contributed by atoms with Crippen molar-refractivity contribution in [2.24, 2.45) is 0 Å². The molecule has 0 radical (unpaired) electrons. The number of urea groups is 1. The molecule has 0 aliphatic carbocycles. The second-order valence-corrected chi connectivity index (χ2v) is 8.03. The molecule has 3 amide bonds. The molecule has 11 nitrogen and oxygen atoms in total. The number of carbonyl (C=O) groups is 4. The lowest BCUT2D eigenvalue weighted by Crippen LogP contribution is -2.30. The zero-order chi connectivity index (χ0) is 25.7. The second kappa shape index (κ2) is 11.1. The molecule has 1 aromatic heterocycles. The van der Waals surface area contributed by atoms with Crippen LogP contribution >= 0.6 is 15.9 Å². The minimum absolute atomic E-state index is 0.0195. The van der Waals surface area contributed by atoms with Gasteiger partial charge < -0.3 is 28.7 Å². The molecule has 0 unspecified atom stereocenters. The van der Waals surface area contributed by atoms with Gasteiger partial charge in [-0.2, -0.15) is 0 Å². The Morgan fingerprint density at radius 1 is 1.20 bits per heavy atom. The summed E-state index contributed by atoms with van der Waals surface area (Å²) in [6.07, 6.45) is 0.596. The molecule has 3 rings (SSSR count). The van der Waals surface area contributed by atoms with Gasteiger partial charge in [0.15, 0.2) is 17.6 Å². The highest BCUT2D eigenvalue weighted by Gasteiger charge is 2.34. The zero-order valence-corrected chi connectivity index (χ0v) is 21.0. The summed E-state index contributed by atoms with van der Waals surface area (Å²) in [5.74, 6) is -1.01. The summed E-state index contributed by atoms with van der Waals surface area (Å²) in [6, 6.07) is 5.39. The van der Waals surface area contributed by atoms with Gasteiger partial charge in [-0.25, -0.2) is 14.4 Å². The molecule has 1 fully saturated rings. The summed E-state index contributed by atoms with van der Waals surface area (Å²) in [5, 5.41) is 2.51. The van der Waals surface area contributed by atoms with Crippen LogP contribution in [0.1, 0.15) is 35.7 Å². The molecule has 2 heterocycles. The van der Waals surface area contributed by atoms with Crippen molar-refractivity contribution in [1.82, 2.24) is 10.2 Å². The van der Waals surface area contributed by atoms with Crippen LogP contribution in [0.2, 0.25) is 0 Å². The van der Waals surface area contributed by atoms with E-state index in [1.807, 2.05) is 0 Å². The quantitative estimate of drug-likeness (QED) is 0.283. The Kier molecular flexibility index (Phi) is 8.18. The number of furan rings is 1. The monoisotopic (exact) mass is 550 g/mol. The number of esters is 2. The van der Waals surface area contributed by atoms with E-state index in [0.717, 1.165) is 4.90 Å². The largest absolute Gasteiger partial charge is 0.493 e. The molecule has 0 saturated carbocycles. The maximum absolute atomic E-state index is 12.9. The number of ether oxygens (including phenoxy) is 4. The first-order chi connectivity index (χ1) is 16.7. The summed E-state index contributed by atoms with van der Waals surface area (Å²) in [4.78, 5) is 49.6. The van der Waals surface area contributed by atoms with Crippen LogP contribution in [0.5, 0.6) is 11.5 Å². The Bertz CT molecular complexity index is 1190. The van der Waals surface area contributed by atoms with Crippen LogP contribution in [0.3, 0.4) is 0 Å². The van der Waals surface area contributed by atoms with Crippen LogP contribution in [0.25, 0.3) is 6.08 Å². The molecular formula is C23H23BrN2O9. The summed E-state index contributed by atoms with van der Waals surface area (Å²) >= 11 is 3.41. The summed E-state index contributed by atoms with van der Waals surface area (Å²) in [7, 11) is 2.64. The van der Waals surface area contributed by atoms with Crippen molar-refractivity contribution in [2.75, 3.05) is 20.8 Å². The molecule has 1 saturated heterocycles. The molecule has 0 bridgehead atoms. The Hall–Kier alpha value is -3.80. The van der Waals surface area contributed by atoms with Crippen LogP contribution in [0.15, 0.2) is 38.9 Å². The predicted octanol–water partition coefficient (Wildman–Crippen LogP) is 3.26. The third-order valence-corrected chi connectivity index (χ3v) is 5.52. The number of benzene rings is 1. The normalized spacial score (nSPS) is 15.1. The smallest absolute Gasteiger partial charge is 0.373 e. The van der Waals surface area contributed by atoms with Crippen molar-refractivity contribution in [3.63, 3.8) is 0 Å². The fourth-order valence-electron chi connectivity index (χ4n) is 3.11. The number of imide groups is 1. The van der Waals surface area contributed by atoms with Crippen molar-refractivity contribution in [1.29, 1.82) is 0 Å². The number of rotatable bonds is 9. The highest BCUT2D eigenvalue weighted by molar-refractivity contribution is 9.10. The second-order valence-electron chi connectivity index (χ2n) is 7.17. The van der Waals surface area contributed by atoms with E-state index in [0.29, 0.717) is 15.8 Å². The highest BCUT2D eigenvalue weighted by Crippen LogP contribution is 2.35. The average molecular weight is 551 g/mol. The number of halogens is 1. The number of amides is 3. The molecule has 1 aliphatic heterocycles. The SMILES string of the molecule is CCOC(=O)[C@@H](C)Oc1cc(Br)c(/C=C2\NC(=O)N(Cc3ccc(C(=O)OC)o3)C2=O)cc1OC. The van der Waals surface area contributed by atoms with Gasteiger partial charge in [0.25, 0.3) is 5.91 Å². The lowest BCUT2D eigenvalue weighted by molar-refractivity contribution is -0.150. The van der Waals surface area contributed by atoms with E-state index in [9.17, 15) is 19.2 Å². The molecule has 2 aromatic rings. The van der Waals surface area contributed by atoms with Crippen molar-refractivity contribution >= 4 is 45.9 Å². The maximum atomic E-state index is 12.9. The predicted molar refractivity (Wildman–Crippen MR) is 125 cm³/mol. The molecule has 1 N–H and O–H groups in total. The summed E-state index contributed by atoms with van der Waals surface area (Å²) in [5.41, 5.74) is 0.528. The maximum Gasteiger partial charge on any atom is 0.373 e. The van der Waals surface area contributed by atoms with E-state index in [2.05, 4.69) is 26.0 Å². The molecule has 1 aromatic carbocycles. The Labute approximate surface area is 209 Å². The van der Waals surface area contributed by atoms with Crippen molar-refractivity contribution in [2.45, 2.75) is 26.5 Å².